The summed E-state index contributed by atoms with van der Waals surface area (Å²) in [7, 11) is 0. The van der Waals surface area contributed by atoms with E-state index in [0.29, 0.717) is 19.6 Å². The number of carbonyl (C=O) groups excluding carboxylic acids is 1. The second-order valence-corrected chi connectivity index (χ2v) is 6.24. The monoisotopic (exact) mass is 281 g/mol. The van der Waals surface area contributed by atoms with Gasteiger partial charge in [0.2, 0.25) is 5.91 Å². The van der Waals surface area contributed by atoms with Crippen LogP contribution in [0.3, 0.4) is 0 Å². The minimum Gasteiger partial charge on any atom is -0.353 e. The van der Waals surface area contributed by atoms with Crippen molar-refractivity contribution in [3.8, 4) is 0 Å². The third-order valence-corrected chi connectivity index (χ3v) is 4.72. The van der Waals surface area contributed by atoms with Crippen molar-refractivity contribution in [2.75, 3.05) is 13.2 Å². The van der Waals surface area contributed by atoms with Crippen LogP contribution in [-0.2, 0) is 20.7 Å². The van der Waals surface area contributed by atoms with Gasteiger partial charge >= 0.3 is 0 Å². The van der Waals surface area contributed by atoms with Gasteiger partial charge in [-0.25, -0.2) is 0 Å². The number of nitrogens with one attached hydrogen (secondary N) is 1. The van der Waals surface area contributed by atoms with Crippen LogP contribution in [0.25, 0.3) is 0 Å². The molecular formula is C14H19NO3S. The van der Waals surface area contributed by atoms with Gasteiger partial charge in [0.25, 0.3) is 0 Å². The number of amides is 1. The molecule has 1 amide bonds. The van der Waals surface area contributed by atoms with Gasteiger partial charge in [-0.2, -0.15) is 0 Å². The fourth-order valence-electron chi connectivity index (χ4n) is 2.84. The van der Waals surface area contributed by atoms with Crippen LogP contribution in [0.5, 0.6) is 0 Å². The predicted molar refractivity (Wildman–Crippen MR) is 73.1 cm³/mol. The maximum Gasteiger partial charge on any atom is 0.225 e. The van der Waals surface area contributed by atoms with Gasteiger partial charge in [0.1, 0.15) is 0 Å². The predicted octanol–water partition coefficient (Wildman–Crippen LogP) is 2.09. The third kappa shape index (κ3) is 3.16. The Morgan fingerprint density at radius 3 is 2.74 bits per heavy atom. The molecule has 5 heteroatoms. The Bertz CT molecular complexity index is 416. The van der Waals surface area contributed by atoms with E-state index in [-0.39, 0.29) is 17.7 Å². The molecule has 104 valence electrons. The fourth-order valence-corrected chi connectivity index (χ4v) is 3.54. The highest BCUT2D eigenvalue weighted by Crippen LogP contribution is 2.35. The van der Waals surface area contributed by atoms with Crippen molar-refractivity contribution >= 4 is 17.2 Å². The zero-order valence-electron chi connectivity index (χ0n) is 10.9. The first-order valence-electron chi connectivity index (χ1n) is 6.85. The average molecular weight is 281 g/mol. The number of hydrogen-bond acceptors (Lipinski definition) is 4. The van der Waals surface area contributed by atoms with Crippen LogP contribution in [0.15, 0.2) is 17.5 Å². The summed E-state index contributed by atoms with van der Waals surface area (Å²) in [6.45, 7) is 1.41. The van der Waals surface area contributed by atoms with Crippen LogP contribution in [0, 0.1) is 0 Å². The molecule has 1 N–H and O–H groups in total. The summed E-state index contributed by atoms with van der Waals surface area (Å²) in [6, 6.07) is 4.25. The number of thiophene rings is 1. The maximum absolute atomic E-state index is 11.9. The summed E-state index contributed by atoms with van der Waals surface area (Å²) in [5, 5.41) is 5.12. The van der Waals surface area contributed by atoms with Gasteiger partial charge in [-0.05, 0) is 24.3 Å². The van der Waals surface area contributed by atoms with Crippen LogP contribution in [-0.4, -0.2) is 30.9 Å². The molecule has 1 aromatic heterocycles. The molecule has 4 nitrogen and oxygen atoms in total. The molecule has 1 spiro atoms. The van der Waals surface area contributed by atoms with Crippen molar-refractivity contribution in [3.63, 3.8) is 0 Å². The van der Waals surface area contributed by atoms with Gasteiger partial charge in [0.05, 0.1) is 19.6 Å². The fraction of sp³-hybridized carbons (Fsp3) is 0.643. The van der Waals surface area contributed by atoms with Crippen molar-refractivity contribution in [1.29, 1.82) is 0 Å². The summed E-state index contributed by atoms with van der Waals surface area (Å²) in [5.74, 6) is -0.216. The quantitative estimate of drug-likeness (QED) is 0.923. The minimum absolute atomic E-state index is 0.122. The van der Waals surface area contributed by atoms with Gasteiger partial charge in [-0.1, -0.05) is 6.07 Å². The van der Waals surface area contributed by atoms with E-state index in [1.807, 2.05) is 17.5 Å². The molecule has 19 heavy (non-hydrogen) atoms. The summed E-state index contributed by atoms with van der Waals surface area (Å²) in [4.78, 5) is 13.0. The van der Waals surface area contributed by atoms with Crippen LogP contribution < -0.4 is 5.32 Å². The molecule has 2 fully saturated rings. The lowest BCUT2D eigenvalue weighted by Gasteiger charge is -2.35. The Morgan fingerprint density at radius 1 is 1.37 bits per heavy atom. The topological polar surface area (TPSA) is 47.6 Å². The van der Waals surface area contributed by atoms with Gasteiger partial charge in [-0.15, -0.1) is 11.3 Å². The molecule has 0 atom stereocenters. The Balaban J connectivity index is 1.45. The summed E-state index contributed by atoms with van der Waals surface area (Å²) >= 11 is 1.63. The van der Waals surface area contributed by atoms with E-state index >= 15 is 0 Å². The zero-order valence-corrected chi connectivity index (χ0v) is 11.7. The number of rotatable bonds is 3. The number of ether oxygens (including phenoxy) is 2. The van der Waals surface area contributed by atoms with Crippen LogP contribution in [0.1, 0.15) is 30.6 Å². The molecule has 1 aliphatic carbocycles. The lowest BCUT2D eigenvalue weighted by molar-refractivity contribution is -0.180. The summed E-state index contributed by atoms with van der Waals surface area (Å²) in [6.07, 6.45) is 4.15. The largest absolute Gasteiger partial charge is 0.353 e. The standard InChI is InChI=1S/C14H19NO3S/c16-13(10-12-2-1-9-19-12)15-11-3-5-14(6-4-11)17-7-8-18-14/h1-2,9,11H,3-8,10H2,(H,15,16). The second kappa shape index (κ2) is 5.61. The summed E-state index contributed by atoms with van der Waals surface area (Å²) in [5.41, 5.74) is 0. The van der Waals surface area contributed by atoms with Crippen molar-refractivity contribution in [2.45, 2.75) is 43.9 Å². The summed E-state index contributed by atoms with van der Waals surface area (Å²) < 4.78 is 11.4. The third-order valence-electron chi connectivity index (χ3n) is 3.84. The second-order valence-electron chi connectivity index (χ2n) is 5.21. The molecule has 0 unspecified atom stereocenters. The highest BCUT2D eigenvalue weighted by molar-refractivity contribution is 7.10. The van der Waals surface area contributed by atoms with E-state index in [1.165, 1.54) is 0 Å². The van der Waals surface area contributed by atoms with Crippen LogP contribution in [0.2, 0.25) is 0 Å². The first-order chi connectivity index (χ1) is 9.26. The Kier molecular flexibility index (Phi) is 3.86. The Hall–Kier alpha value is -0.910. The van der Waals surface area contributed by atoms with Gasteiger partial charge in [-0.3, -0.25) is 4.79 Å². The Labute approximate surface area is 117 Å². The van der Waals surface area contributed by atoms with E-state index in [2.05, 4.69) is 5.32 Å². The molecule has 1 aromatic rings. The van der Waals surface area contributed by atoms with Crippen molar-refractivity contribution < 1.29 is 14.3 Å². The minimum atomic E-state index is -0.338. The van der Waals surface area contributed by atoms with E-state index in [0.717, 1.165) is 30.6 Å². The first-order valence-corrected chi connectivity index (χ1v) is 7.73. The molecular weight excluding hydrogens is 262 g/mol. The van der Waals surface area contributed by atoms with Crippen molar-refractivity contribution in [2.24, 2.45) is 0 Å². The van der Waals surface area contributed by atoms with E-state index in [1.54, 1.807) is 11.3 Å². The van der Waals surface area contributed by atoms with Crippen LogP contribution in [0.4, 0.5) is 0 Å². The van der Waals surface area contributed by atoms with E-state index in [9.17, 15) is 4.79 Å². The molecule has 3 rings (SSSR count). The van der Waals surface area contributed by atoms with E-state index < -0.39 is 0 Å². The van der Waals surface area contributed by atoms with Crippen molar-refractivity contribution in [3.05, 3.63) is 22.4 Å². The zero-order chi connectivity index (χ0) is 13.1. The highest BCUT2D eigenvalue weighted by atomic mass is 32.1. The molecule has 2 aliphatic rings. The molecule has 1 saturated heterocycles. The molecule has 0 aromatic carbocycles. The van der Waals surface area contributed by atoms with E-state index in [4.69, 9.17) is 9.47 Å². The number of hydrogen-bond donors (Lipinski definition) is 1. The lowest BCUT2D eigenvalue weighted by atomic mass is 9.90. The molecule has 1 saturated carbocycles. The average Bonchev–Trinajstić information content (AvgIpc) is 3.05. The SMILES string of the molecule is O=C(Cc1cccs1)NC1CCC2(CC1)OCCO2. The van der Waals surface area contributed by atoms with Crippen LogP contribution >= 0.6 is 11.3 Å². The highest BCUT2D eigenvalue weighted by Gasteiger charge is 2.40. The Morgan fingerprint density at radius 2 is 2.11 bits per heavy atom. The smallest absolute Gasteiger partial charge is 0.225 e. The van der Waals surface area contributed by atoms with Gasteiger partial charge in [0.15, 0.2) is 5.79 Å². The maximum atomic E-state index is 11.9. The number of carbonyl (C=O) groups is 1. The molecule has 1 aliphatic heterocycles. The lowest BCUT2D eigenvalue weighted by Crippen LogP contribution is -2.44. The first kappa shape index (κ1) is 13.1. The van der Waals surface area contributed by atoms with Gasteiger partial charge in [0, 0.05) is 23.8 Å². The van der Waals surface area contributed by atoms with Gasteiger partial charge < -0.3 is 14.8 Å². The molecule has 2 heterocycles. The normalized spacial score (nSPS) is 22.7. The van der Waals surface area contributed by atoms with Crippen molar-refractivity contribution in [1.82, 2.24) is 5.32 Å². The molecule has 0 radical (unpaired) electrons. The molecule has 0 bridgehead atoms.